The Morgan fingerprint density at radius 3 is 2.38 bits per heavy atom. The number of hydrogen-bond donors (Lipinski definition) is 1. The number of aryl methyl sites for hydroxylation is 3. The summed E-state index contributed by atoms with van der Waals surface area (Å²) in [7, 11) is 0. The van der Waals surface area contributed by atoms with E-state index in [-0.39, 0.29) is 12.5 Å². The molecule has 1 N–H and O–H groups in total. The number of carbonyl (C=O) groups excluding carboxylic acids is 2. The molecule has 0 fully saturated rings. The Morgan fingerprint density at radius 1 is 1.14 bits per heavy atom. The first kappa shape index (κ1) is 15.3. The Hall–Kier alpha value is -2.14. The molecule has 2 aromatic rings. The lowest BCUT2D eigenvalue weighted by atomic mass is 10.2. The molecule has 0 unspecified atom stereocenters. The molecule has 4 nitrogen and oxygen atoms in total. The average molecular weight is 303 g/mol. The maximum Gasteiger partial charge on any atom is 0.339 e. The fourth-order valence-electron chi connectivity index (χ4n) is 1.88. The number of amides is 1. The minimum atomic E-state index is -0.462. The van der Waals surface area contributed by atoms with Crippen molar-refractivity contribution in [3.8, 4) is 0 Å². The van der Waals surface area contributed by atoms with Gasteiger partial charge < -0.3 is 10.1 Å². The van der Waals surface area contributed by atoms with Gasteiger partial charge in [0.25, 0.3) is 5.91 Å². The highest BCUT2D eigenvalue weighted by atomic mass is 32.1. The second-order valence-corrected chi connectivity index (χ2v) is 6.28. The molecule has 0 radical (unpaired) electrons. The van der Waals surface area contributed by atoms with E-state index >= 15 is 0 Å². The van der Waals surface area contributed by atoms with E-state index in [9.17, 15) is 9.59 Å². The second-order valence-electron chi connectivity index (χ2n) is 4.82. The Bertz CT molecular complexity index is 659. The first-order valence-electron chi connectivity index (χ1n) is 6.56. The molecule has 0 aliphatic heterocycles. The molecule has 21 heavy (non-hydrogen) atoms. The molecule has 1 heterocycles. The standard InChI is InChI=1S/C16H17NO3S/c1-10-4-6-13(7-5-10)17-15(18)9-20-16(19)14-8-11(2)21-12(14)3/h4-8H,9H2,1-3H3,(H,17,18). The summed E-state index contributed by atoms with van der Waals surface area (Å²) in [4.78, 5) is 25.6. The Labute approximate surface area is 127 Å². The van der Waals surface area contributed by atoms with Crippen LogP contribution in [-0.2, 0) is 9.53 Å². The molecule has 1 aromatic carbocycles. The predicted molar refractivity (Wildman–Crippen MR) is 83.9 cm³/mol. The highest BCUT2D eigenvalue weighted by Gasteiger charge is 2.14. The molecule has 0 atom stereocenters. The third-order valence-electron chi connectivity index (χ3n) is 2.93. The highest BCUT2D eigenvalue weighted by Crippen LogP contribution is 2.21. The van der Waals surface area contributed by atoms with Crippen molar-refractivity contribution in [2.24, 2.45) is 0 Å². The maximum atomic E-state index is 11.9. The summed E-state index contributed by atoms with van der Waals surface area (Å²) in [6.07, 6.45) is 0. The summed E-state index contributed by atoms with van der Waals surface area (Å²) in [5.74, 6) is -0.812. The van der Waals surface area contributed by atoms with Crippen molar-refractivity contribution >= 4 is 28.9 Å². The fraction of sp³-hybridized carbons (Fsp3) is 0.250. The van der Waals surface area contributed by atoms with Crippen LogP contribution < -0.4 is 5.32 Å². The molecule has 0 saturated carbocycles. The number of hydrogen-bond acceptors (Lipinski definition) is 4. The van der Waals surface area contributed by atoms with Crippen molar-refractivity contribution in [1.82, 2.24) is 0 Å². The summed E-state index contributed by atoms with van der Waals surface area (Å²) in [5, 5.41) is 2.68. The van der Waals surface area contributed by atoms with Gasteiger partial charge in [-0.2, -0.15) is 0 Å². The van der Waals surface area contributed by atoms with Crippen LogP contribution in [0.5, 0.6) is 0 Å². The molecular weight excluding hydrogens is 286 g/mol. The van der Waals surface area contributed by atoms with Crippen LogP contribution in [0.25, 0.3) is 0 Å². The summed E-state index contributed by atoms with van der Waals surface area (Å²) in [6, 6.07) is 9.20. The van der Waals surface area contributed by atoms with E-state index < -0.39 is 5.97 Å². The molecule has 2 rings (SSSR count). The average Bonchev–Trinajstić information content (AvgIpc) is 2.78. The van der Waals surface area contributed by atoms with Gasteiger partial charge in [-0.1, -0.05) is 17.7 Å². The third-order valence-corrected chi connectivity index (χ3v) is 3.90. The number of rotatable bonds is 4. The van der Waals surface area contributed by atoms with Crippen molar-refractivity contribution in [2.45, 2.75) is 20.8 Å². The predicted octanol–water partition coefficient (Wildman–Crippen LogP) is 3.47. The van der Waals surface area contributed by atoms with Gasteiger partial charge in [-0.05, 0) is 39.0 Å². The third kappa shape index (κ3) is 4.16. The lowest BCUT2D eigenvalue weighted by Crippen LogP contribution is -2.21. The van der Waals surface area contributed by atoms with Gasteiger partial charge in [0.1, 0.15) is 0 Å². The SMILES string of the molecule is Cc1ccc(NC(=O)COC(=O)c2cc(C)sc2C)cc1. The normalized spacial score (nSPS) is 10.2. The highest BCUT2D eigenvalue weighted by molar-refractivity contribution is 7.12. The van der Waals surface area contributed by atoms with Crippen molar-refractivity contribution in [3.63, 3.8) is 0 Å². The van der Waals surface area contributed by atoms with Crippen LogP contribution in [0, 0.1) is 20.8 Å². The van der Waals surface area contributed by atoms with Crippen LogP contribution in [0.1, 0.15) is 25.7 Å². The number of carbonyl (C=O) groups is 2. The lowest BCUT2D eigenvalue weighted by Gasteiger charge is -2.06. The molecule has 110 valence electrons. The number of nitrogens with one attached hydrogen (secondary N) is 1. The van der Waals surface area contributed by atoms with Gasteiger partial charge in [0.2, 0.25) is 0 Å². The van der Waals surface area contributed by atoms with Crippen LogP contribution in [0.15, 0.2) is 30.3 Å². The van der Waals surface area contributed by atoms with E-state index in [0.717, 1.165) is 15.3 Å². The fourth-order valence-corrected chi connectivity index (χ4v) is 2.79. The number of thiophene rings is 1. The van der Waals surface area contributed by atoms with Crippen LogP contribution in [0.2, 0.25) is 0 Å². The van der Waals surface area contributed by atoms with Crippen molar-refractivity contribution in [2.75, 3.05) is 11.9 Å². The Kier molecular flexibility index (Phi) is 4.75. The van der Waals surface area contributed by atoms with E-state index in [1.54, 1.807) is 18.2 Å². The molecule has 1 amide bonds. The van der Waals surface area contributed by atoms with Gasteiger partial charge in [-0.25, -0.2) is 4.79 Å². The Balaban J connectivity index is 1.88. The van der Waals surface area contributed by atoms with Crippen LogP contribution in [0.3, 0.4) is 0 Å². The van der Waals surface area contributed by atoms with E-state index in [1.165, 1.54) is 11.3 Å². The number of esters is 1. The summed E-state index contributed by atoms with van der Waals surface area (Å²) < 4.78 is 5.04. The van der Waals surface area contributed by atoms with Gasteiger partial charge >= 0.3 is 5.97 Å². The maximum absolute atomic E-state index is 11.9. The van der Waals surface area contributed by atoms with Crippen LogP contribution in [-0.4, -0.2) is 18.5 Å². The number of anilines is 1. The Morgan fingerprint density at radius 2 is 1.81 bits per heavy atom. The quantitative estimate of drug-likeness (QED) is 0.880. The number of ether oxygens (including phenoxy) is 1. The van der Waals surface area contributed by atoms with Crippen LogP contribution in [0.4, 0.5) is 5.69 Å². The van der Waals surface area contributed by atoms with Crippen molar-refractivity contribution in [1.29, 1.82) is 0 Å². The van der Waals surface area contributed by atoms with E-state index in [2.05, 4.69) is 5.32 Å². The van der Waals surface area contributed by atoms with Gasteiger partial charge in [0.15, 0.2) is 6.61 Å². The van der Waals surface area contributed by atoms with Crippen molar-refractivity contribution in [3.05, 3.63) is 51.2 Å². The molecule has 0 spiro atoms. The summed E-state index contributed by atoms with van der Waals surface area (Å²) in [5.41, 5.74) is 2.33. The van der Waals surface area contributed by atoms with Crippen molar-refractivity contribution < 1.29 is 14.3 Å². The zero-order valence-corrected chi connectivity index (χ0v) is 13.0. The molecule has 0 saturated heterocycles. The van der Waals surface area contributed by atoms with Gasteiger partial charge in [-0.15, -0.1) is 11.3 Å². The number of benzene rings is 1. The van der Waals surface area contributed by atoms with E-state index in [4.69, 9.17) is 4.74 Å². The minimum Gasteiger partial charge on any atom is -0.452 e. The zero-order valence-electron chi connectivity index (χ0n) is 12.2. The van der Waals surface area contributed by atoms with Crippen LogP contribution >= 0.6 is 11.3 Å². The smallest absolute Gasteiger partial charge is 0.339 e. The summed E-state index contributed by atoms with van der Waals surface area (Å²) in [6.45, 7) is 5.47. The molecule has 5 heteroatoms. The molecule has 1 aromatic heterocycles. The molecule has 0 aliphatic carbocycles. The topological polar surface area (TPSA) is 55.4 Å². The minimum absolute atomic E-state index is 0.291. The zero-order chi connectivity index (χ0) is 15.4. The first-order valence-corrected chi connectivity index (χ1v) is 7.38. The molecular formula is C16H17NO3S. The monoisotopic (exact) mass is 303 g/mol. The molecule has 0 aliphatic rings. The van der Waals surface area contributed by atoms with Gasteiger partial charge in [-0.3, -0.25) is 4.79 Å². The largest absolute Gasteiger partial charge is 0.452 e. The van der Waals surface area contributed by atoms with Gasteiger partial charge in [0, 0.05) is 15.4 Å². The van der Waals surface area contributed by atoms with Gasteiger partial charge in [0.05, 0.1) is 5.56 Å². The van der Waals surface area contributed by atoms with E-state index in [0.29, 0.717) is 11.3 Å². The lowest BCUT2D eigenvalue weighted by molar-refractivity contribution is -0.119. The summed E-state index contributed by atoms with van der Waals surface area (Å²) >= 11 is 1.53. The molecule has 0 bridgehead atoms. The van der Waals surface area contributed by atoms with E-state index in [1.807, 2.05) is 32.9 Å². The first-order chi connectivity index (χ1) is 9.95. The second kappa shape index (κ2) is 6.54.